The molecule has 2 aromatic rings. The number of anilines is 1. The van der Waals surface area contributed by atoms with Gasteiger partial charge in [0.2, 0.25) is 5.91 Å². The molecule has 0 spiro atoms. The number of carbonyl (C=O) groups excluding carboxylic acids is 1. The number of para-hydroxylation sites is 1. The topological polar surface area (TPSA) is 63.2 Å². The summed E-state index contributed by atoms with van der Waals surface area (Å²) in [5.41, 5.74) is 1.58. The molecule has 102 valence electrons. The molecule has 1 aromatic heterocycles. The minimum absolute atomic E-state index is 0.151. The van der Waals surface area contributed by atoms with Crippen LogP contribution in [-0.4, -0.2) is 31.1 Å². The van der Waals surface area contributed by atoms with Crippen LogP contribution in [0.2, 0.25) is 0 Å². The summed E-state index contributed by atoms with van der Waals surface area (Å²) in [4.78, 5) is 15.8. The van der Waals surface area contributed by atoms with Crippen molar-refractivity contribution in [2.75, 3.05) is 25.5 Å². The second kappa shape index (κ2) is 6.43. The molecular formula is C15H15N3O2. The molecule has 0 radical (unpaired) electrons. The molecule has 1 heterocycles. The number of pyridine rings is 1. The smallest absolute Gasteiger partial charge is 0.240 e. The molecule has 1 aromatic carbocycles. The zero-order valence-electron chi connectivity index (χ0n) is 11.1. The number of nitrogens with zero attached hydrogens (tertiary/aromatic N) is 1. The number of carbonyl (C=O) groups is 1. The molecule has 0 unspecified atom stereocenters. The first-order chi connectivity index (χ1) is 9.76. The summed E-state index contributed by atoms with van der Waals surface area (Å²) in [6.45, 7) is 0.378. The van der Waals surface area contributed by atoms with Crippen LogP contribution < -0.4 is 15.4 Å². The molecule has 2 rings (SSSR count). The highest BCUT2D eigenvalue weighted by Gasteiger charge is 2.07. The molecule has 0 aliphatic carbocycles. The summed E-state index contributed by atoms with van der Waals surface area (Å²) in [5, 5.41) is 6.57. The summed E-state index contributed by atoms with van der Waals surface area (Å²) in [5.74, 6) is 2.90. The van der Waals surface area contributed by atoms with Crippen LogP contribution in [-0.2, 0) is 4.79 Å². The highest BCUT2D eigenvalue weighted by molar-refractivity contribution is 5.95. The van der Waals surface area contributed by atoms with Gasteiger partial charge >= 0.3 is 0 Å². The molecule has 0 aliphatic rings. The van der Waals surface area contributed by atoms with Crippen LogP contribution in [0.3, 0.4) is 0 Å². The lowest BCUT2D eigenvalue weighted by Crippen LogP contribution is -2.30. The van der Waals surface area contributed by atoms with E-state index in [0.717, 1.165) is 16.6 Å². The summed E-state index contributed by atoms with van der Waals surface area (Å²) in [6.07, 6.45) is 6.76. The number of rotatable bonds is 5. The van der Waals surface area contributed by atoms with Crippen LogP contribution in [0.25, 0.3) is 10.9 Å². The van der Waals surface area contributed by atoms with Crippen LogP contribution in [0.1, 0.15) is 0 Å². The van der Waals surface area contributed by atoms with Gasteiger partial charge < -0.3 is 15.4 Å². The molecule has 0 saturated heterocycles. The minimum atomic E-state index is -0.157. The number of aromatic nitrogens is 1. The Balaban J connectivity index is 2.19. The van der Waals surface area contributed by atoms with Crippen molar-refractivity contribution in [3.8, 4) is 18.1 Å². The fourth-order valence-electron chi connectivity index (χ4n) is 1.86. The van der Waals surface area contributed by atoms with Crippen LogP contribution in [0, 0.1) is 12.3 Å². The molecule has 5 heteroatoms. The zero-order valence-corrected chi connectivity index (χ0v) is 11.1. The van der Waals surface area contributed by atoms with Crippen molar-refractivity contribution in [1.29, 1.82) is 0 Å². The quantitative estimate of drug-likeness (QED) is 0.805. The lowest BCUT2D eigenvalue weighted by Gasteiger charge is -2.10. The van der Waals surface area contributed by atoms with E-state index in [0.29, 0.717) is 5.75 Å². The highest BCUT2D eigenvalue weighted by Crippen LogP contribution is 2.28. The number of methoxy groups -OCH3 is 1. The Morgan fingerprint density at radius 2 is 2.30 bits per heavy atom. The van der Waals surface area contributed by atoms with Gasteiger partial charge in [0, 0.05) is 17.3 Å². The van der Waals surface area contributed by atoms with Crippen molar-refractivity contribution in [3.05, 3.63) is 30.5 Å². The van der Waals surface area contributed by atoms with Crippen LogP contribution >= 0.6 is 0 Å². The van der Waals surface area contributed by atoms with Gasteiger partial charge in [-0.05, 0) is 12.1 Å². The monoisotopic (exact) mass is 269 g/mol. The number of hydrogen-bond donors (Lipinski definition) is 2. The standard InChI is InChI=1S/C15H15N3O2/c1-3-8-16-14(19)10-18-12-7-9-17-15-11(12)5-4-6-13(15)20-2/h1,4-7,9H,8,10H2,2H3,(H,16,19)(H,17,18). The molecule has 0 saturated carbocycles. The first-order valence-corrected chi connectivity index (χ1v) is 6.12. The number of terminal acetylenes is 1. The number of amides is 1. The Bertz CT molecular complexity index is 662. The number of nitrogens with one attached hydrogen (secondary N) is 2. The van der Waals surface area contributed by atoms with Crippen molar-refractivity contribution < 1.29 is 9.53 Å². The summed E-state index contributed by atoms with van der Waals surface area (Å²) < 4.78 is 5.27. The van der Waals surface area contributed by atoms with E-state index in [-0.39, 0.29) is 19.0 Å². The predicted molar refractivity (Wildman–Crippen MR) is 78.6 cm³/mol. The summed E-state index contributed by atoms with van der Waals surface area (Å²) in [6, 6.07) is 7.47. The molecule has 1 amide bonds. The Morgan fingerprint density at radius 3 is 3.05 bits per heavy atom. The molecule has 2 N–H and O–H groups in total. The van der Waals surface area contributed by atoms with E-state index in [1.165, 1.54) is 0 Å². The van der Waals surface area contributed by atoms with Gasteiger partial charge in [-0.3, -0.25) is 9.78 Å². The molecule has 20 heavy (non-hydrogen) atoms. The third-order valence-corrected chi connectivity index (χ3v) is 2.78. The Morgan fingerprint density at radius 1 is 1.45 bits per heavy atom. The lowest BCUT2D eigenvalue weighted by atomic mass is 10.1. The Kier molecular flexibility index (Phi) is 4.40. The van der Waals surface area contributed by atoms with Gasteiger partial charge in [0.05, 0.1) is 20.2 Å². The van der Waals surface area contributed by atoms with E-state index >= 15 is 0 Å². The Hall–Kier alpha value is -2.74. The first-order valence-electron chi connectivity index (χ1n) is 6.12. The zero-order chi connectivity index (χ0) is 14.4. The van der Waals surface area contributed by atoms with Gasteiger partial charge in [-0.1, -0.05) is 18.1 Å². The average molecular weight is 269 g/mol. The maximum atomic E-state index is 11.5. The predicted octanol–water partition coefficient (Wildman–Crippen LogP) is 1.40. The van der Waals surface area contributed by atoms with Gasteiger partial charge in [-0.15, -0.1) is 6.42 Å². The average Bonchev–Trinajstić information content (AvgIpc) is 2.50. The van der Waals surface area contributed by atoms with Crippen molar-refractivity contribution in [3.63, 3.8) is 0 Å². The van der Waals surface area contributed by atoms with Crippen LogP contribution in [0.15, 0.2) is 30.5 Å². The summed E-state index contributed by atoms with van der Waals surface area (Å²) in [7, 11) is 1.60. The third kappa shape index (κ3) is 2.98. The highest BCUT2D eigenvalue weighted by atomic mass is 16.5. The maximum Gasteiger partial charge on any atom is 0.240 e. The van der Waals surface area contributed by atoms with E-state index in [2.05, 4.69) is 21.5 Å². The minimum Gasteiger partial charge on any atom is -0.494 e. The van der Waals surface area contributed by atoms with Crippen molar-refractivity contribution in [2.24, 2.45) is 0 Å². The number of fused-ring (bicyclic) bond motifs is 1. The summed E-state index contributed by atoms with van der Waals surface area (Å²) >= 11 is 0. The first kappa shape index (κ1) is 13.7. The SMILES string of the molecule is C#CCNC(=O)CNc1ccnc2c(OC)cccc12. The van der Waals surface area contributed by atoms with Gasteiger partial charge in [0.15, 0.2) is 0 Å². The van der Waals surface area contributed by atoms with Crippen LogP contribution in [0.4, 0.5) is 5.69 Å². The number of ether oxygens (including phenoxy) is 1. The molecule has 0 aliphatic heterocycles. The second-order valence-corrected chi connectivity index (χ2v) is 4.05. The second-order valence-electron chi connectivity index (χ2n) is 4.05. The normalized spacial score (nSPS) is 9.80. The van der Waals surface area contributed by atoms with Gasteiger partial charge in [0.1, 0.15) is 11.3 Å². The number of hydrogen-bond acceptors (Lipinski definition) is 4. The van der Waals surface area contributed by atoms with Gasteiger partial charge in [0.25, 0.3) is 0 Å². The third-order valence-electron chi connectivity index (χ3n) is 2.78. The van der Waals surface area contributed by atoms with Crippen molar-refractivity contribution in [1.82, 2.24) is 10.3 Å². The van der Waals surface area contributed by atoms with E-state index < -0.39 is 0 Å². The van der Waals surface area contributed by atoms with E-state index in [1.54, 1.807) is 13.3 Å². The van der Waals surface area contributed by atoms with E-state index in [9.17, 15) is 4.79 Å². The lowest BCUT2D eigenvalue weighted by molar-refractivity contribution is -0.119. The van der Waals surface area contributed by atoms with Gasteiger partial charge in [-0.2, -0.15) is 0 Å². The Labute approximate surface area is 117 Å². The van der Waals surface area contributed by atoms with Crippen molar-refractivity contribution in [2.45, 2.75) is 0 Å². The molecule has 0 fully saturated rings. The largest absolute Gasteiger partial charge is 0.494 e. The number of benzene rings is 1. The van der Waals surface area contributed by atoms with E-state index in [4.69, 9.17) is 11.2 Å². The van der Waals surface area contributed by atoms with Gasteiger partial charge in [-0.25, -0.2) is 0 Å². The maximum absolute atomic E-state index is 11.5. The van der Waals surface area contributed by atoms with Crippen molar-refractivity contribution >= 4 is 22.5 Å². The molecule has 5 nitrogen and oxygen atoms in total. The molecule has 0 bridgehead atoms. The van der Waals surface area contributed by atoms with E-state index in [1.807, 2.05) is 24.3 Å². The fourth-order valence-corrected chi connectivity index (χ4v) is 1.86. The van der Waals surface area contributed by atoms with Crippen LogP contribution in [0.5, 0.6) is 5.75 Å². The molecular weight excluding hydrogens is 254 g/mol. The fraction of sp³-hybridized carbons (Fsp3) is 0.200. The molecule has 0 atom stereocenters.